The van der Waals surface area contributed by atoms with Crippen LogP contribution in [0.1, 0.15) is 41.9 Å². The normalized spacial score (nSPS) is 14.7. The average molecular weight is 375 g/mol. The Balaban J connectivity index is 1.80. The van der Waals surface area contributed by atoms with Crippen molar-refractivity contribution in [3.05, 3.63) is 40.7 Å². The lowest BCUT2D eigenvalue weighted by Crippen LogP contribution is -2.32. The zero-order valence-electron chi connectivity index (χ0n) is 15.1. The molecule has 1 aliphatic rings. The van der Waals surface area contributed by atoms with E-state index in [0.717, 1.165) is 37.3 Å². The van der Waals surface area contributed by atoms with Crippen molar-refractivity contribution in [1.82, 2.24) is 14.9 Å². The molecule has 3 rings (SSSR count). The molecule has 0 spiro atoms. The van der Waals surface area contributed by atoms with E-state index in [-0.39, 0.29) is 5.91 Å². The fraction of sp³-hybridized carbons (Fsp3) is 0.421. The summed E-state index contributed by atoms with van der Waals surface area (Å²) in [6.45, 7) is 3.44. The summed E-state index contributed by atoms with van der Waals surface area (Å²) in [6, 6.07) is 7.07. The predicted octanol–water partition coefficient (Wildman–Crippen LogP) is 4.21. The summed E-state index contributed by atoms with van der Waals surface area (Å²) in [5.41, 5.74) is 1.89. The second-order valence-electron chi connectivity index (χ2n) is 6.40. The molecule has 1 aromatic heterocycles. The van der Waals surface area contributed by atoms with Crippen LogP contribution in [0.25, 0.3) is 0 Å². The van der Waals surface area contributed by atoms with E-state index < -0.39 is 0 Å². The van der Waals surface area contributed by atoms with E-state index in [1.54, 1.807) is 25.3 Å². The second-order valence-corrected chi connectivity index (χ2v) is 6.81. The van der Waals surface area contributed by atoms with Crippen LogP contribution in [0.2, 0.25) is 5.02 Å². The van der Waals surface area contributed by atoms with Crippen molar-refractivity contribution in [1.29, 1.82) is 0 Å². The van der Waals surface area contributed by atoms with Crippen molar-refractivity contribution in [2.45, 2.75) is 32.6 Å². The van der Waals surface area contributed by atoms with E-state index in [9.17, 15) is 4.79 Å². The van der Waals surface area contributed by atoms with Gasteiger partial charge in [-0.25, -0.2) is 9.97 Å². The van der Waals surface area contributed by atoms with Crippen LogP contribution < -0.4 is 10.1 Å². The summed E-state index contributed by atoms with van der Waals surface area (Å²) in [5, 5.41) is 3.61. The molecule has 0 bridgehead atoms. The third kappa shape index (κ3) is 4.43. The summed E-state index contributed by atoms with van der Waals surface area (Å²) >= 11 is 6.16. The highest BCUT2D eigenvalue weighted by atomic mass is 35.5. The van der Waals surface area contributed by atoms with Gasteiger partial charge in [-0.2, -0.15) is 0 Å². The molecule has 1 aromatic carbocycles. The first-order valence-electron chi connectivity index (χ1n) is 8.82. The van der Waals surface area contributed by atoms with Gasteiger partial charge in [-0.3, -0.25) is 4.79 Å². The minimum Gasteiger partial charge on any atom is -0.495 e. The van der Waals surface area contributed by atoms with Crippen molar-refractivity contribution >= 4 is 29.1 Å². The maximum absolute atomic E-state index is 12.8. The largest absolute Gasteiger partial charge is 0.495 e. The number of aromatic nitrogens is 2. The minimum absolute atomic E-state index is 0.0341. The Morgan fingerprint density at radius 1 is 1.15 bits per heavy atom. The van der Waals surface area contributed by atoms with Gasteiger partial charge in [0.15, 0.2) is 0 Å². The number of halogens is 1. The highest BCUT2D eigenvalue weighted by Crippen LogP contribution is 2.28. The van der Waals surface area contributed by atoms with Gasteiger partial charge in [0.05, 0.1) is 12.1 Å². The molecule has 1 N–H and O–H groups in total. The number of hydrogen-bond acceptors (Lipinski definition) is 5. The number of carbonyl (C=O) groups is 1. The molecule has 0 atom stereocenters. The number of rotatable bonds is 4. The maximum Gasteiger partial charge on any atom is 0.272 e. The number of ether oxygens (including phenoxy) is 1. The molecular formula is C19H23ClN4O2. The average Bonchev–Trinajstić information content (AvgIpc) is 2.90. The molecule has 0 saturated carbocycles. The van der Waals surface area contributed by atoms with Gasteiger partial charge in [-0.1, -0.05) is 24.4 Å². The molecule has 0 unspecified atom stereocenters. The topological polar surface area (TPSA) is 67.3 Å². The standard InChI is InChI=1S/C19H23ClN4O2/c1-13-11-16(18(25)24-9-5-3-4-6-10-24)23-19(21-13)22-14-7-8-17(26-2)15(20)12-14/h7-8,11-12H,3-6,9-10H2,1-2H3,(H,21,22,23). The molecule has 1 saturated heterocycles. The number of nitrogens with one attached hydrogen (secondary N) is 1. The van der Waals surface area contributed by atoms with E-state index in [2.05, 4.69) is 15.3 Å². The number of carbonyl (C=O) groups excluding carboxylic acids is 1. The van der Waals surface area contributed by atoms with E-state index in [1.165, 1.54) is 12.8 Å². The van der Waals surface area contributed by atoms with Gasteiger partial charge in [0.25, 0.3) is 5.91 Å². The Bertz CT molecular complexity index is 789. The molecule has 7 heteroatoms. The summed E-state index contributed by atoms with van der Waals surface area (Å²) in [4.78, 5) is 23.5. The third-order valence-electron chi connectivity index (χ3n) is 4.37. The van der Waals surface area contributed by atoms with E-state index >= 15 is 0 Å². The van der Waals surface area contributed by atoms with Gasteiger partial charge in [-0.15, -0.1) is 0 Å². The zero-order valence-corrected chi connectivity index (χ0v) is 15.8. The van der Waals surface area contributed by atoms with Gasteiger partial charge >= 0.3 is 0 Å². The van der Waals surface area contributed by atoms with Crippen LogP contribution in [0.4, 0.5) is 11.6 Å². The smallest absolute Gasteiger partial charge is 0.272 e. The number of benzene rings is 1. The quantitative estimate of drug-likeness (QED) is 0.868. The van der Waals surface area contributed by atoms with Gasteiger partial charge < -0.3 is 15.0 Å². The molecule has 1 aliphatic heterocycles. The molecule has 2 heterocycles. The number of anilines is 2. The molecule has 6 nitrogen and oxygen atoms in total. The van der Waals surface area contributed by atoms with E-state index in [1.807, 2.05) is 17.9 Å². The Labute approximate surface area is 158 Å². The Morgan fingerprint density at radius 3 is 2.54 bits per heavy atom. The molecule has 1 amide bonds. The maximum atomic E-state index is 12.8. The molecule has 0 radical (unpaired) electrons. The van der Waals surface area contributed by atoms with Gasteiger partial charge in [0, 0.05) is 24.5 Å². The first kappa shape index (κ1) is 18.5. The summed E-state index contributed by atoms with van der Waals surface area (Å²) in [5.74, 6) is 0.942. The van der Waals surface area contributed by atoms with Crippen LogP contribution in [0.15, 0.2) is 24.3 Å². The van der Waals surface area contributed by atoms with Crippen molar-refractivity contribution in [2.75, 3.05) is 25.5 Å². The van der Waals surface area contributed by atoms with Crippen LogP contribution in [0.3, 0.4) is 0 Å². The molecule has 26 heavy (non-hydrogen) atoms. The Hall–Kier alpha value is -2.34. The Morgan fingerprint density at radius 2 is 1.88 bits per heavy atom. The fourth-order valence-corrected chi connectivity index (χ4v) is 3.30. The van der Waals surface area contributed by atoms with Crippen molar-refractivity contribution in [2.24, 2.45) is 0 Å². The minimum atomic E-state index is -0.0341. The van der Waals surface area contributed by atoms with Crippen LogP contribution in [-0.4, -0.2) is 41.0 Å². The van der Waals surface area contributed by atoms with Crippen LogP contribution in [0.5, 0.6) is 5.75 Å². The highest BCUT2D eigenvalue weighted by Gasteiger charge is 2.19. The second kappa shape index (κ2) is 8.36. The molecule has 0 aliphatic carbocycles. The van der Waals surface area contributed by atoms with Crippen molar-refractivity contribution in [3.63, 3.8) is 0 Å². The summed E-state index contributed by atoms with van der Waals surface area (Å²) < 4.78 is 5.16. The van der Waals surface area contributed by atoms with Crippen molar-refractivity contribution in [3.8, 4) is 5.75 Å². The lowest BCUT2D eigenvalue weighted by atomic mass is 10.2. The fourth-order valence-electron chi connectivity index (χ4n) is 3.04. The lowest BCUT2D eigenvalue weighted by molar-refractivity contribution is 0.0755. The SMILES string of the molecule is COc1ccc(Nc2nc(C)cc(C(=O)N3CCCCCC3)n2)cc1Cl. The van der Waals surface area contributed by atoms with E-state index in [0.29, 0.717) is 22.4 Å². The monoisotopic (exact) mass is 374 g/mol. The van der Waals surface area contributed by atoms with Crippen LogP contribution >= 0.6 is 11.6 Å². The van der Waals surface area contributed by atoms with Gasteiger partial charge in [-0.05, 0) is 44.0 Å². The first-order chi connectivity index (χ1) is 12.6. The zero-order chi connectivity index (χ0) is 18.5. The lowest BCUT2D eigenvalue weighted by Gasteiger charge is -2.20. The molecule has 138 valence electrons. The number of amides is 1. The number of methoxy groups -OCH3 is 1. The third-order valence-corrected chi connectivity index (χ3v) is 4.67. The summed E-state index contributed by atoms with van der Waals surface area (Å²) in [7, 11) is 1.57. The number of aryl methyl sites for hydroxylation is 1. The number of nitrogens with zero attached hydrogens (tertiary/aromatic N) is 3. The first-order valence-corrected chi connectivity index (χ1v) is 9.20. The van der Waals surface area contributed by atoms with Gasteiger partial charge in [0.1, 0.15) is 11.4 Å². The number of likely N-dealkylation sites (tertiary alicyclic amines) is 1. The predicted molar refractivity (Wildman–Crippen MR) is 102 cm³/mol. The van der Waals surface area contributed by atoms with Crippen LogP contribution in [0, 0.1) is 6.92 Å². The molecule has 1 fully saturated rings. The van der Waals surface area contributed by atoms with E-state index in [4.69, 9.17) is 16.3 Å². The Kier molecular flexibility index (Phi) is 5.93. The van der Waals surface area contributed by atoms with Gasteiger partial charge in [0.2, 0.25) is 5.95 Å². The number of hydrogen-bond donors (Lipinski definition) is 1. The molecular weight excluding hydrogens is 352 g/mol. The molecule has 2 aromatic rings. The van der Waals surface area contributed by atoms with Crippen LogP contribution in [-0.2, 0) is 0 Å². The summed E-state index contributed by atoms with van der Waals surface area (Å²) in [6.07, 6.45) is 4.45. The van der Waals surface area contributed by atoms with Crippen molar-refractivity contribution < 1.29 is 9.53 Å². The highest BCUT2D eigenvalue weighted by molar-refractivity contribution is 6.32.